The van der Waals surface area contributed by atoms with Crippen LogP contribution in [0.2, 0.25) is 5.02 Å². The van der Waals surface area contributed by atoms with Crippen molar-refractivity contribution in [2.75, 3.05) is 25.6 Å². The van der Waals surface area contributed by atoms with Gasteiger partial charge >= 0.3 is 0 Å². The number of aromatic nitrogens is 2. The topological polar surface area (TPSA) is 65.4 Å². The maximum atomic E-state index is 13.9. The van der Waals surface area contributed by atoms with Crippen molar-refractivity contribution in [3.05, 3.63) is 81.2 Å². The van der Waals surface area contributed by atoms with E-state index < -0.39 is 17.2 Å². The minimum Gasteiger partial charge on any atom is -0.491 e. The molecule has 0 spiro atoms. The molecule has 1 aromatic heterocycles. The number of nitrogens with one attached hydrogen (secondary N) is 1. The molecule has 0 bridgehead atoms. The summed E-state index contributed by atoms with van der Waals surface area (Å²) in [5.41, 5.74) is 0.322. The van der Waals surface area contributed by atoms with E-state index in [1.54, 1.807) is 7.11 Å². The van der Waals surface area contributed by atoms with E-state index >= 15 is 0 Å². The van der Waals surface area contributed by atoms with Crippen molar-refractivity contribution >= 4 is 17.3 Å². The molecule has 0 aliphatic heterocycles. The molecular weight excluding hydrogens is 404 g/mol. The van der Waals surface area contributed by atoms with Crippen LogP contribution in [-0.2, 0) is 11.3 Å². The van der Waals surface area contributed by atoms with Crippen molar-refractivity contribution in [3.8, 4) is 11.4 Å². The van der Waals surface area contributed by atoms with Gasteiger partial charge in [-0.05, 0) is 29.8 Å². The van der Waals surface area contributed by atoms with Gasteiger partial charge in [0.15, 0.2) is 5.82 Å². The number of nitrogens with zero attached hydrogens (tertiary/aromatic N) is 2. The van der Waals surface area contributed by atoms with Crippen LogP contribution >= 0.6 is 11.6 Å². The number of hydrogen-bond acceptors (Lipinski definition) is 5. The Morgan fingerprint density at radius 3 is 2.59 bits per heavy atom. The van der Waals surface area contributed by atoms with E-state index in [1.165, 1.54) is 6.20 Å². The van der Waals surface area contributed by atoms with Crippen molar-refractivity contribution in [2.24, 2.45) is 0 Å². The lowest BCUT2D eigenvalue weighted by Crippen LogP contribution is -2.23. The molecule has 6 nitrogen and oxygen atoms in total. The molecule has 2 aromatic carbocycles. The van der Waals surface area contributed by atoms with Crippen LogP contribution in [-0.4, -0.2) is 30.1 Å². The molecule has 0 saturated carbocycles. The highest BCUT2D eigenvalue weighted by atomic mass is 35.5. The van der Waals surface area contributed by atoms with Gasteiger partial charge in [0.25, 0.3) is 5.56 Å². The SMILES string of the molecule is COCCOc1ccc(CNc2cnn(-c3ccc(F)cc3F)c(=O)c2Cl)cc1. The summed E-state index contributed by atoms with van der Waals surface area (Å²) in [6, 6.07) is 10.2. The molecule has 0 unspecified atom stereocenters. The Hall–Kier alpha value is -2.97. The number of ether oxygens (including phenoxy) is 2. The van der Waals surface area contributed by atoms with Gasteiger partial charge in [0.2, 0.25) is 0 Å². The highest BCUT2D eigenvalue weighted by Crippen LogP contribution is 2.20. The lowest BCUT2D eigenvalue weighted by Gasteiger charge is -2.11. The maximum Gasteiger partial charge on any atom is 0.292 e. The lowest BCUT2D eigenvalue weighted by molar-refractivity contribution is 0.146. The molecule has 0 fully saturated rings. The molecule has 3 rings (SSSR count). The van der Waals surface area contributed by atoms with E-state index in [0.29, 0.717) is 31.5 Å². The molecule has 0 atom stereocenters. The van der Waals surface area contributed by atoms with E-state index in [4.69, 9.17) is 21.1 Å². The Kier molecular flexibility index (Phi) is 6.79. The zero-order valence-electron chi connectivity index (χ0n) is 15.5. The normalized spacial score (nSPS) is 10.8. The smallest absolute Gasteiger partial charge is 0.292 e. The second-order valence-electron chi connectivity index (χ2n) is 6.02. The fourth-order valence-electron chi connectivity index (χ4n) is 2.52. The standard InChI is InChI=1S/C20H18ClF2N3O3/c1-28-8-9-29-15-5-2-13(3-6-15)11-24-17-12-25-26(20(27)19(17)21)18-7-4-14(22)10-16(18)23/h2-7,10,12,24H,8-9,11H2,1H3. The highest BCUT2D eigenvalue weighted by molar-refractivity contribution is 6.32. The molecule has 1 heterocycles. The third-order valence-corrected chi connectivity index (χ3v) is 4.38. The van der Waals surface area contributed by atoms with Gasteiger partial charge in [0, 0.05) is 19.7 Å². The summed E-state index contributed by atoms with van der Waals surface area (Å²) >= 11 is 6.13. The number of methoxy groups -OCH3 is 1. The zero-order valence-corrected chi connectivity index (χ0v) is 16.2. The lowest BCUT2D eigenvalue weighted by atomic mass is 10.2. The maximum absolute atomic E-state index is 13.9. The molecular formula is C20H18ClF2N3O3. The summed E-state index contributed by atoms with van der Waals surface area (Å²) in [7, 11) is 1.60. The largest absolute Gasteiger partial charge is 0.491 e. The second-order valence-corrected chi connectivity index (χ2v) is 6.40. The average molecular weight is 422 g/mol. The first-order valence-corrected chi connectivity index (χ1v) is 9.05. The molecule has 1 N–H and O–H groups in total. The number of benzene rings is 2. The Labute approximate surface area is 170 Å². The predicted octanol–water partition coefficient (Wildman–Crippen LogP) is 3.80. The summed E-state index contributed by atoms with van der Waals surface area (Å²) in [5, 5.41) is 6.80. The quantitative estimate of drug-likeness (QED) is 0.560. The van der Waals surface area contributed by atoms with Crippen LogP contribution < -0.4 is 15.6 Å². The average Bonchev–Trinajstić information content (AvgIpc) is 2.71. The summed E-state index contributed by atoms with van der Waals surface area (Å²) in [6.07, 6.45) is 1.31. The van der Waals surface area contributed by atoms with Crippen molar-refractivity contribution < 1.29 is 18.3 Å². The van der Waals surface area contributed by atoms with Crippen LogP contribution in [0.4, 0.5) is 14.5 Å². The second kappa shape index (κ2) is 9.49. The molecule has 0 radical (unpaired) electrons. The van der Waals surface area contributed by atoms with Gasteiger partial charge in [0.1, 0.15) is 28.9 Å². The molecule has 29 heavy (non-hydrogen) atoms. The van der Waals surface area contributed by atoms with Crippen LogP contribution in [0, 0.1) is 11.6 Å². The van der Waals surface area contributed by atoms with E-state index in [0.717, 1.165) is 28.1 Å². The molecule has 0 aliphatic rings. The van der Waals surface area contributed by atoms with Crippen LogP contribution in [0.25, 0.3) is 5.69 Å². The minimum absolute atomic E-state index is 0.150. The van der Waals surface area contributed by atoms with E-state index in [2.05, 4.69) is 10.4 Å². The molecule has 0 aliphatic carbocycles. The van der Waals surface area contributed by atoms with Crippen LogP contribution in [0.3, 0.4) is 0 Å². The number of halogens is 3. The first kappa shape index (κ1) is 20.8. The fraction of sp³-hybridized carbons (Fsp3) is 0.200. The summed E-state index contributed by atoms with van der Waals surface area (Å²) in [5.74, 6) is -0.947. The summed E-state index contributed by atoms with van der Waals surface area (Å²) in [6.45, 7) is 1.34. The Morgan fingerprint density at radius 1 is 1.14 bits per heavy atom. The number of anilines is 1. The van der Waals surface area contributed by atoms with E-state index in [1.807, 2.05) is 24.3 Å². The fourth-order valence-corrected chi connectivity index (χ4v) is 2.72. The van der Waals surface area contributed by atoms with Gasteiger partial charge in [-0.2, -0.15) is 9.78 Å². The molecule has 9 heteroatoms. The third-order valence-electron chi connectivity index (χ3n) is 4.02. The number of rotatable bonds is 8. The van der Waals surface area contributed by atoms with Crippen LogP contribution in [0.15, 0.2) is 53.5 Å². The monoisotopic (exact) mass is 421 g/mol. The molecule has 152 valence electrons. The zero-order chi connectivity index (χ0) is 20.8. The van der Waals surface area contributed by atoms with E-state index in [-0.39, 0.29) is 10.7 Å². The minimum atomic E-state index is -0.913. The van der Waals surface area contributed by atoms with Crippen LogP contribution in [0.1, 0.15) is 5.56 Å². The first-order valence-electron chi connectivity index (χ1n) is 8.67. The van der Waals surface area contributed by atoms with Crippen molar-refractivity contribution in [3.63, 3.8) is 0 Å². The van der Waals surface area contributed by atoms with Gasteiger partial charge in [-0.1, -0.05) is 23.7 Å². The summed E-state index contributed by atoms with van der Waals surface area (Å²) < 4.78 is 38.2. The third kappa shape index (κ3) is 5.10. The highest BCUT2D eigenvalue weighted by Gasteiger charge is 2.14. The van der Waals surface area contributed by atoms with Gasteiger partial charge in [-0.15, -0.1) is 0 Å². The molecule has 3 aromatic rings. The van der Waals surface area contributed by atoms with E-state index in [9.17, 15) is 13.6 Å². The van der Waals surface area contributed by atoms with Gasteiger partial charge < -0.3 is 14.8 Å². The van der Waals surface area contributed by atoms with Gasteiger partial charge in [-0.3, -0.25) is 4.79 Å². The number of hydrogen-bond donors (Lipinski definition) is 1. The first-order chi connectivity index (χ1) is 14.0. The predicted molar refractivity (Wildman–Crippen MR) is 106 cm³/mol. The van der Waals surface area contributed by atoms with Crippen molar-refractivity contribution in [1.82, 2.24) is 9.78 Å². The van der Waals surface area contributed by atoms with Crippen LogP contribution in [0.5, 0.6) is 5.75 Å². The van der Waals surface area contributed by atoms with Gasteiger partial charge in [-0.25, -0.2) is 8.78 Å². The van der Waals surface area contributed by atoms with Crippen molar-refractivity contribution in [2.45, 2.75) is 6.54 Å². The van der Waals surface area contributed by atoms with Crippen molar-refractivity contribution in [1.29, 1.82) is 0 Å². The Morgan fingerprint density at radius 2 is 1.90 bits per heavy atom. The Bertz CT molecular complexity index is 1040. The summed E-state index contributed by atoms with van der Waals surface area (Å²) in [4.78, 5) is 12.4. The molecule has 0 amide bonds. The Balaban J connectivity index is 1.71. The molecule has 0 saturated heterocycles. The van der Waals surface area contributed by atoms with Gasteiger partial charge in [0.05, 0.1) is 18.5 Å².